The molecule has 0 fully saturated rings. The highest BCUT2D eigenvalue weighted by molar-refractivity contribution is 8.01. The summed E-state index contributed by atoms with van der Waals surface area (Å²) in [7, 11) is 2.95. The van der Waals surface area contributed by atoms with Crippen LogP contribution in [0.4, 0.5) is 0 Å². The van der Waals surface area contributed by atoms with Gasteiger partial charge in [0.1, 0.15) is 0 Å². The molecule has 0 aromatic carbocycles. The van der Waals surface area contributed by atoms with E-state index < -0.39 is 5.97 Å². The second-order valence-corrected chi connectivity index (χ2v) is 5.13. The summed E-state index contributed by atoms with van der Waals surface area (Å²) in [6.07, 6.45) is 0. The molecule has 7 heteroatoms. The lowest BCUT2D eigenvalue weighted by molar-refractivity contribution is 0.0606. The van der Waals surface area contributed by atoms with E-state index in [2.05, 4.69) is 9.72 Å². The Balaban J connectivity index is 2.64. The molecule has 0 unspecified atom stereocenters. The Hall–Kier alpha value is -0.300. The molecule has 1 heterocycles. The number of hydrogen-bond donors (Lipinski definition) is 0. The summed E-state index contributed by atoms with van der Waals surface area (Å²) in [6, 6.07) is 0. The van der Waals surface area contributed by atoms with Gasteiger partial charge in [-0.2, -0.15) is 0 Å². The van der Waals surface area contributed by atoms with Crippen LogP contribution in [0.2, 0.25) is 5.15 Å². The van der Waals surface area contributed by atoms with Crippen LogP contribution in [-0.4, -0.2) is 37.5 Å². The first-order valence-corrected chi connectivity index (χ1v) is 6.23. The number of thioether (sulfide) groups is 1. The molecule has 0 amide bonds. The van der Waals surface area contributed by atoms with Gasteiger partial charge < -0.3 is 9.47 Å². The van der Waals surface area contributed by atoms with E-state index in [4.69, 9.17) is 16.3 Å². The zero-order valence-electron chi connectivity index (χ0n) is 8.28. The van der Waals surface area contributed by atoms with Crippen molar-refractivity contribution < 1.29 is 14.3 Å². The van der Waals surface area contributed by atoms with Gasteiger partial charge in [0.25, 0.3) is 0 Å². The molecule has 1 aromatic rings. The van der Waals surface area contributed by atoms with E-state index in [-0.39, 0.29) is 5.15 Å². The van der Waals surface area contributed by atoms with E-state index in [1.807, 2.05) is 0 Å². The minimum atomic E-state index is -0.448. The molecule has 0 aliphatic rings. The van der Waals surface area contributed by atoms with Crippen LogP contribution in [0.1, 0.15) is 9.67 Å². The van der Waals surface area contributed by atoms with Crippen molar-refractivity contribution >= 4 is 40.7 Å². The Labute approximate surface area is 101 Å². The van der Waals surface area contributed by atoms with Gasteiger partial charge in [-0.25, -0.2) is 9.78 Å². The third-order valence-corrected chi connectivity index (χ3v) is 3.98. The summed E-state index contributed by atoms with van der Waals surface area (Å²) < 4.78 is 10.2. The van der Waals surface area contributed by atoms with Crippen molar-refractivity contribution in [3.8, 4) is 0 Å². The minimum absolute atomic E-state index is 0.201. The number of carbonyl (C=O) groups is 1. The van der Waals surface area contributed by atoms with Gasteiger partial charge in [0, 0.05) is 12.9 Å². The summed E-state index contributed by atoms with van der Waals surface area (Å²) in [4.78, 5) is 15.6. The normalized spacial score (nSPS) is 10.3. The van der Waals surface area contributed by atoms with Crippen molar-refractivity contribution in [1.29, 1.82) is 0 Å². The average Bonchev–Trinajstić information content (AvgIpc) is 2.59. The highest BCUT2D eigenvalue weighted by atomic mass is 35.5. The van der Waals surface area contributed by atoms with Crippen molar-refractivity contribution in [2.45, 2.75) is 4.34 Å². The fourth-order valence-corrected chi connectivity index (χ4v) is 3.08. The molecule has 15 heavy (non-hydrogen) atoms. The lowest BCUT2D eigenvalue weighted by atomic mass is 10.6. The van der Waals surface area contributed by atoms with Crippen molar-refractivity contribution in [3.63, 3.8) is 0 Å². The number of ether oxygens (including phenoxy) is 2. The van der Waals surface area contributed by atoms with Gasteiger partial charge in [-0.05, 0) is 0 Å². The van der Waals surface area contributed by atoms with Crippen molar-refractivity contribution in [1.82, 2.24) is 4.98 Å². The number of methoxy groups -OCH3 is 2. The Morgan fingerprint density at radius 3 is 2.93 bits per heavy atom. The van der Waals surface area contributed by atoms with Crippen LogP contribution in [-0.2, 0) is 9.47 Å². The third-order valence-electron chi connectivity index (χ3n) is 1.45. The molecule has 1 aromatic heterocycles. The standard InChI is InChI=1S/C8H10ClNO3S2/c1-12-3-4-14-8-10-6(9)5(15-8)7(11)13-2/h3-4H2,1-2H3. The highest BCUT2D eigenvalue weighted by Crippen LogP contribution is 2.30. The third kappa shape index (κ3) is 3.64. The zero-order valence-corrected chi connectivity index (χ0v) is 10.7. The van der Waals surface area contributed by atoms with Gasteiger partial charge in [0.15, 0.2) is 14.4 Å². The molecule has 0 bridgehead atoms. The van der Waals surface area contributed by atoms with Crippen molar-refractivity contribution in [2.75, 3.05) is 26.6 Å². The van der Waals surface area contributed by atoms with Crippen molar-refractivity contribution in [3.05, 3.63) is 10.0 Å². The Morgan fingerprint density at radius 2 is 2.33 bits per heavy atom. The number of halogens is 1. The minimum Gasteiger partial charge on any atom is -0.465 e. The topological polar surface area (TPSA) is 48.4 Å². The Bertz CT molecular complexity index is 343. The van der Waals surface area contributed by atoms with Crippen LogP contribution in [0, 0.1) is 0 Å². The molecule has 0 aliphatic carbocycles. The molecule has 0 N–H and O–H groups in total. The highest BCUT2D eigenvalue weighted by Gasteiger charge is 2.17. The van der Waals surface area contributed by atoms with E-state index in [0.717, 1.165) is 10.1 Å². The fraction of sp³-hybridized carbons (Fsp3) is 0.500. The Kier molecular flexibility index (Phi) is 5.38. The van der Waals surface area contributed by atoms with Crippen LogP contribution in [0.3, 0.4) is 0 Å². The second-order valence-electron chi connectivity index (χ2n) is 2.43. The quantitative estimate of drug-likeness (QED) is 0.466. The predicted molar refractivity (Wildman–Crippen MR) is 61.1 cm³/mol. The number of rotatable bonds is 5. The van der Waals surface area contributed by atoms with E-state index in [0.29, 0.717) is 11.5 Å². The SMILES string of the molecule is COCCSc1nc(Cl)c(C(=O)OC)s1. The largest absolute Gasteiger partial charge is 0.465 e. The maximum atomic E-state index is 11.2. The summed E-state index contributed by atoms with van der Waals surface area (Å²) in [6.45, 7) is 0.634. The van der Waals surface area contributed by atoms with E-state index >= 15 is 0 Å². The number of carbonyl (C=O) groups excluding carboxylic acids is 1. The molecule has 1 rings (SSSR count). The van der Waals surface area contributed by atoms with Crippen LogP contribution in [0.5, 0.6) is 0 Å². The fourth-order valence-electron chi connectivity index (χ4n) is 0.776. The summed E-state index contributed by atoms with van der Waals surface area (Å²) in [5.41, 5.74) is 0. The van der Waals surface area contributed by atoms with Gasteiger partial charge >= 0.3 is 5.97 Å². The lowest BCUT2D eigenvalue weighted by Crippen LogP contribution is -1.98. The monoisotopic (exact) mass is 267 g/mol. The molecule has 0 saturated heterocycles. The zero-order chi connectivity index (χ0) is 11.3. The molecular weight excluding hydrogens is 258 g/mol. The Morgan fingerprint density at radius 1 is 1.60 bits per heavy atom. The first-order chi connectivity index (χ1) is 7.19. The van der Waals surface area contributed by atoms with Crippen molar-refractivity contribution in [2.24, 2.45) is 0 Å². The first-order valence-electron chi connectivity index (χ1n) is 4.05. The molecule has 0 aliphatic heterocycles. The molecule has 0 radical (unpaired) electrons. The molecule has 0 spiro atoms. The van der Waals surface area contributed by atoms with Gasteiger partial charge in [-0.15, -0.1) is 0 Å². The van der Waals surface area contributed by atoms with Crippen LogP contribution >= 0.6 is 34.7 Å². The lowest BCUT2D eigenvalue weighted by Gasteiger charge is -1.94. The van der Waals surface area contributed by atoms with Gasteiger partial charge in [-0.3, -0.25) is 0 Å². The number of thiazole rings is 1. The van der Waals surface area contributed by atoms with E-state index in [9.17, 15) is 4.79 Å². The number of hydrogen-bond acceptors (Lipinski definition) is 6. The maximum absolute atomic E-state index is 11.2. The number of aromatic nitrogens is 1. The molecule has 0 saturated carbocycles. The van der Waals surface area contributed by atoms with Gasteiger partial charge in [0.2, 0.25) is 0 Å². The average molecular weight is 268 g/mol. The summed E-state index contributed by atoms with van der Waals surface area (Å²) in [5, 5.41) is 0.201. The van der Waals surface area contributed by atoms with Gasteiger partial charge in [0.05, 0.1) is 13.7 Å². The maximum Gasteiger partial charge on any atom is 0.351 e. The van der Waals surface area contributed by atoms with E-state index in [1.54, 1.807) is 7.11 Å². The molecular formula is C8H10ClNO3S2. The molecule has 4 nitrogen and oxygen atoms in total. The summed E-state index contributed by atoms with van der Waals surface area (Å²) >= 11 is 8.52. The van der Waals surface area contributed by atoms with Crippen LogP contribution in [0.15, 0.2) is 4.34 Å². The first kappa shape index (κ1) is 12.8. The van der Waals surface area contributed by atoms with Crippen LogP contribution in [0.25, 0.3) is 0 Å². The summed E-state index contributed by atoms with van der Waals surface area (Å²) in [5.74, 6) is 0.331. The smallest absolute Gasteiger partial charge is 0.351 e. The number of nitrogens with zero attached hydrogens (tertiary/aromatic N) is 1. The number of esters is 1. The predicted octanol–water partition coefficient (Wildman–Crippen LogP) is 2.32. The van der Waals surface area contributed by atoms with E-state index in [1.165, 1.54) is 30.2 Å². The van der Waals surface area contributed by atoms with Gasteiger partial charge in [-0.1, -0.05) is 34.7 Å². The molecule has 84 valence electrons. The molecule has 0 atom stereocenters. The van der Waals surface area contributed by atoms with Crippen LogP contribution < -0.4 is 0 Å². The second kappa shape index (κ2) is 6.32.